The van der Waals surface area contributed by atoms with Crippen molar-refractivity contribution in [3.05, 3.63) is 35.9 Å². The van der Waals surface area contributed by atoms with Gasteiger partial charge in [0.2, 0.25) is 5.24 Å². The first kappa shape index (κ1) is 15.7. The van der Waals surface area contributed by atoms with Crippen molar-refractivity contribution in [1.29, 1.82) is 0 Å². The van der Waals surface area contributed by atoms with Crippen LogP contribution in [0.25, 0.3) is 0 Å². The molecule has 0 aliphatic carbocycles. The van der Waals surface area contributed by atoms with E-state index in [-0.39, 0.29) is 11.2 Å². The number of halogens is 1. The van der Waals surface area contributed by atoms with Crippen molar-refractivity contribution in [2.24, 2.45) is 5.92 Å². The van der Waals surface area contributed by atoms with Gasteiger partial charge in [-0.3, -0.25) is 9.59 Å². The molecule has 0 radical (unpaired) electrons. The fraction of sp³-hybridized carbons (Fsp3) is 0.429. The highest BCUT2D eigenvalue weighted by molar-refractivity contribution is 6.64. The van der Waals surface area contributed by atoms with Crippen molar-refractivity contribution in [3.8, 4) is 0 Å². The first-order valence-electron chi connectivity index (χ1n) is 6.23. The minimum absolute atomic E-state index is 0.0698. The number of ether oxygens (including phenoxy) is 1. The van der Waals surface area contributed by atoms with Crippen molar-refractivity contribution in [1.82, 2.24) is 5.32 Å². The normalized spacial score (nSPS) is 17.8. The molecular formula is C14H18ClNO3. The SMILES string of the molecule is O=C(Cl)C1CCCNC1.O=COCc1ccccc1. The molecule has 0 bridgehead atoms. The highest BCUT2D eigenvalue weighted by Crippen LogP contribution is 2.12. The smallest absolute Gasteiger partial charge is 0.293 e. The van der Waals surface area contributed by atoms with Crippen LogP contribution in [0.3, 0.4) is 0 Å². The largest absolute Gasteiger partial charge is 0.463 e. The van der Waals surface area contributed by atoms with Crippen molar-refractivity contribution in [2.75, 3.05) is 13.1 Å². The van der Waals surface area contributed by atoms with Crippen LogP contribution >= 0.6 is 11.6 Å². The summed E-state index contributed by atoms with van der Waals surface area (Å²) in [5, 5.41) is 2.92. The van der Waals surface area contributed by atoms with Gasteiger partial charge >= 0.3 is 0 Å². The molecule has 1 fully saturated rings. The van der Waals surface area contributed by atoms with Gasteiger partial charge < -0.3 is 10.1 Å². The minimum Gasteiger partial charge on any atom is -0.463 e. The number of nitrogens with one attached hydrogen (secondary N) is 1. The van der Waals surface area contributed by atoms with Gasteiger partial charge in [-0.25, -0.2) is 0 Å². The molecule has 1 heterocycles. The molecule has 0 amide bonds. The Morgan fingerprint density at radius 1 is 1.42 bits per heavy atom. The third kappa shape index (κ3) is 6.94. The second kappa shape index (κ2) is 9.53. The molecule has 0 aromatic heterocycles. The highest BCUT2D eigenvalue weighted by atomic mass is 35.5. The topological polar surface area (TPSA) is 55.4 Å². The van der Waals surface area contributed by atoms with Crippen molar-refractivity contribution >= 4 is 23.3 Å². The average Bonchev–Trinajstić information content (AvgIpc) is 2.48. The van der Waals surface area contributed by atoms with Crippen molar-refractivity contribution < 1.29 is 14.3 Å². The van der Waals surface area contributed by atoms with E-state index in [0.29, 0.717) is 13.1 Å². The van der Waals surface area contributed by atoms with Gasteiger partial charge in [-0.2, -0.15) is 0 Å². The van der Waals surface area contributed by atoms with Crippen LogP contribution in [0.1, 0.15) is 18.4 Å². The lowest BCUT2D eigenvalue weighted by Crippen LogP contribution is -2.32. The Balaban J connectivity index is 0.000000191. The highest BCUT2D eigenvalue weighted by Gasteiger charge is 2.18. The predicted molar refractivity (Wildman–Crippen MR) is 73.7 cm³/mol. The standard InChI is InChI=1S/C8H8O2.C6H10ClNO/c9-7-10-6-8-4-2-1-3-5-8;7-6(9)5-2-1-3-8-4-5/h1-5,7H,6H2;5,8H,1-4H2. The number of hydrogen-bond acceptors (Lipinski definition) is 4. The summed E-state index contributed by atoms with van der Waals surface area (Å²) in [4.78, 5) is 20.3. The summed E-state index contributed by atoms with van der Waals surface area (Å²) in [6, 6.07) is 9.55. The lowest BCUT2D eigenvalue weighted by molar-refractivity contribution is -0.129. The summed E-state index contributed by atoms with van der Waals surface area (Å²) in [5.41, 5.74) is 1.01. The Hall–Kier alpha value is -1.39. The quantitative estimate of drug-likeness (QED) is 0.679. The molecular weight excluding hydrogens is 266 g/mol. The Morgan fingerprint density at radius 2 is 2.16 bits per heavy atom. The molecule has 1 unspecified atom stereocenters. The van der Waals surface area contributed by atoms with E-state index in [0.717, 1.165) is 31.5 Å². The lowest BCUT2D eigenvalue weighted by atomic mass is 10.0. The Morgan fingerprint density at radius 3 is 2.63 bits per heavy atom. The summed E-state index contributed by atoms with van der Waals surface area (Å²) in [5.74, 6) is 0.0698. The predicted octanol–water partition coefficient (Wildman–Crippen LogP) is 2.11. The molecule has 4 nitrogen and oxygen atoms in total. The van der Waals surface area contributed by atoms with E-state index in [4.69, 9.17) is 11.6 Å². The van der Waals surface area contributed by atoms with E-state index in [9.17, 15) is 9.59 Å². The van der Waals surface area contributed by atoms with Gasteiger partial charge in [0.1, 0.15) is 6.61 Å². The van der Waals surface area contributed by atoms with Crippen LogP contribution in [0.5, 0.6) is 0 Å². The number of piperidine rings is 1. The van der Waals surface area contributed by atoms with E-state index in [1.54, 1.807) is 0 Å². The molecule has 0 saturated carbocycles. The van der Waals surface area contributed by atoms with Gasteiger partial charge in [-0.1, -0.05) is 30.3 Å². The molecule has 1 aromatic carbocycles. The summed E-state index contributed by atoms with van der Waals surface area (Å²) in [6.07, 6.45) is 2.03. The number of rotatable bonds is 4. The molecule has 1 aliphatic rings. The summed E-state index contributed by atoms with van der Waals surface area (Å²) in [7, 11) is 0. The molecule has 2 rings (SSSR count). The molecule has 1 N–H and O–H groups in total. The Kier molecular flexibility index (Phi) is 7.86. The molecule has 1 atom stereocenters. The van der Waals surface area contributed by atoms with Crippen molar-refractivity contribution in [2.45, 2.75) is 19.4 Å². The second-order valence-corrected chi connectivity index (χ2v) is 4.61. The molecule has 1 saturated heterocycles. The van der Waals surface area contributed by atoms with Crippen LogP contribution in [0, 0.1) is 5.92 Å². The zero-order valence-corrected chi connectivity index (χ0v) is 11.4. The number of hydrogen-bond donors (Lipinski definition) is 1. The van der Waals surface area contributed by atoms with E-state index >= 15 is 0 Å². The number of carbonyl (C=O) groups excluding carboxylic acids is 2. The van der Waals surface area contributed by atoms with Crippen molar-refractivity contribution in [3.63, 3.8) is 0 Å². The van der Waals surface area contributed by atoms with Crippen LogP contribution in [-0.4, -0.2) is 24.8 Å². The summed E-state index contributed by atoms with van der Waals surface area (Å²) >= 11 is 5.28. The maximum absolute atomic E-state index is 10.5. The van der Waals surface area contributed by atoms with Gasteiger partial charge in [-0.15, -0.1) is 0 Å². The molecule has 104 valence electrons. The monoisotopic (exact) mass is 283 g/mol. The second-order valence-electron chi connectivity index (χ2n) is 4.24. The third-order valence-corrected chi connectivity index (χ3v) is 3.09. The van der Waals surface area contributed by atoms with E-state index in [1.165, 1.54) is 0 Å². The summed E-state index contributed by atoms with van der Waals surface area (Å²) < 4.78 is 4.54. The molecule has 1 aromatic rings. The number of benzene rings is 1. The van der Waals surface area contributed by atoms with Gasteiger partial charge in [0.25, 0.3) is 6.47 Å². The van der Waals surface area contributed by atoms with E-state index in [2.05, 4.69) is 10.1 Å². The molecule has 5 heteroatoms. The van der Waals surface area contributed by atoms with Crippen LogP contribution < -0.4 is 5.32 Å². The lowest BCUT2D eigenvalue weighted by Gasteiger charge is -2.18. The maximum Gasteiger partial charge on any atom is 0.293 e. The maximum atomic E-state index is 10.5. The number of carbonyl (C=O) groups is 2. The first-order chi connectivity index (χ1) is 9.24. The Labute approximate surface area is 118 Å². The fourth-order valence-corrected chi connectivity index (χ4v) is 1.94. The fourth-order valence-electron chi connectivity index (χ4n) is 1.75. The van der Waals surface area contributed by atoms with Gasteiger partial charge in [0, 0.05) is 12.5 Å². The van der Waals surface area contributed by atoms with Gasteiger partial charge in [0.05, 0.1) is 0 Å². The molecule has 19 heavy (non-hydrogen) atoms. The average molecular weight is 284 g/mol. The van der Waals surface area contributed by atoms with Crippen LogP contribution in [0.15, 0.2) is 30.3 Å². The minimum atomic E-state index is -0.192. The molecule has 1 aliphatic heterocycles. The van der Waals surface area contributed by atoms with Crippen LogP contribution in [0.4, 0.5) is 0 Å². The zero-order valence-electron chi connectivity index (χ0n) is 10.7. The summed E-state index contributed by atoms with van der Waals surface area (Å²) in [6.45, 7) is 2.61. The molecule has 0 spiro atoms. The first-order valence-corrected chi connectivity index (χ1v) is 6.61. The van der Waals surface area contributed by atoms with Crippen LogP contribution in [0.2, 0.25) is 0 Å². The van der Waals surface area contributed by atoms with Gasteiger partial charge in [0.15, 0.2) is 0 Å². The third-order valence-electron chi connectivity index (χ3n) is 2.78. The van der Waals surface area contributed by atoms with E-state index < -0.39 is 0 Å². The Bertz CT molecular complexity index is 378. The van der Waals surface area contributed by atoms with Crippen LogP contribution in [-0.2, 0) is 20.9 Å². The van der Waals surface area contributed by atoms with Gasteiger partial charge in [-0.05, 0) is 36.6 Å². The van der Waals surface area contributed by atoms with E-state index in [1.807, 2.05) is 30.3 Å². The zero-order chi connectivity index (χ0) is 13.9.